The number of carboxylic acid groups (broad SMARTS) is 1. The van der Waals surface area contributed by atoms with E-state index in [1.165, 1.54) is 12.1 Å². The lowest BCUT2D eigenvalue weighted by Crippen LogP contribution is -2.05. The molecule has 0 aromatic heterocycles. The van der Waals surface area contributed by atoms with Crippen LogP contribution in [0, 0.1) is 10.1 Å². The predicted octanol–water partition coefficient (Wildman–Crippen LogP) is 1.06. The van der Waals surface area contributed by atoms with Crippen LogP contribution in [0.4, 0.5) is 5.69 Å². The molecule has 0 amide bonds. The highest BCUT2D eigenvalue weighted by Crippen LogP contribution is 2.21. The summed E-state index contributed by atoms with van der Waals surface area (Å²) < 4.78 is 19.1. The van der Waals surface area contributed by atoms with Gasteiger partial charge in [-0.05, 0) is 12.5 Å². The number of nitrogens with zero attached hydrogens (tertiary/aromatic N) is 1. The third kappa shape index (κ3) is 3.61. The Hall–Kier alpha value is -1.80. The maximum atomic E-state index is 10.7. The van der Waals surface area contributed by atoms with Gasteiger partial charge in [0.15, 0.2) is 11.1 Å². The highest BCUT2D eigenvalue weighted by molar-refractivity contribution is 7.79. The van der Waals surface area contributed by atoms with Crippen molar-refractivity contribution in [3.63, 3.8) is 0 Å². The van der Waals surface area contributed by atoms with Crippen molar-refractivity contribution in [2.24, 2.45) is 0 Å². The Morgan fingerprint density at radius 1 is 1.47 bits per heavy atom. The molecule has 1 atom stereocenters. The number of hydrogen-bond donors (Lipinski definition) is 2. The summed E-state index contributed by atoms with van der Waals surface area (Å²) in [6.45, 7) is 0. The van der Waals surface area contributed by atoms with Crippen LogP contribution in [0.1, 0.15) is 15.9 Å². The first-order chi connectivity index (χ1) is 7.91. The molecule has 17 heavy (non-hydrogen) atoms. The summed E-state index contributed by atoms with van der Waals surface area (Å²) in [7, 11) is 0. The highest BCUT2D eigenvalue weighted by atomic mass is 32.2. The summed E-state index contributed by atoms with van der Waals surface area (Å²) in [6.07, 6.45) is 0.0410. The van der Waals surface area contributed by atoms with Crippen LogP contribution in [-0.2, 0) is 17.5 Å². The number of rotatable bonds is 5. The number of aromatic carboxylic acids is 1. The van der Waals surface area contributed by atoms with E-state index in [1.54, 1.807) is 0 Å². The lowest BCUT2D eigenvalue weighted by Gasteiger charge is -2.02. The van der Waals surface area contributed by atoms with Crippen LogP contribution in [-0.4, -0.2) is 30.5 Å². The van der Waals surface area contributed by atoms with E-state index in [1.807, 2.05) is 0 Å². The van der Waals surface area contributed by atoms with Crippen molar-refractivity contribution in [3.05, 3.63) is 39.4 Å². The van der Waals surface area contributed by atoms with Gasteiger partial charge in [-0.2, -0.15) is 0 Å². The number of carbonyl (C=O) groups is 1. The molecule has 0 bridgehead atoms. The van der Waals surface area contributed by atoms with E-state index in [0.717, 1.165) is 6.07 Å². The Bertz CT molecular complexity index is 486. The molecule has 0 fully saturated rings. The number of aryl methyl sites for hydroxylation is 1. The Labute approximate surface area is 98.5 Å². The van der Waals surface area contributed by atoms with Crippen LogP contribution in [0.5, 0.6) is 0 Å². The molecule has 0 saturated carbocycles. The van der Waals surface area contributed by atoms with Gasteiger partial charge in [-0.25, -0.2) is 9.00 Å². The molecule has 1 rings (SSSR count). The molecule has 92 valence electrons. The van der Waals surface area contributed by atoms with Crippen molar-refractivity contribution >= 4 is 22.7 Å². The summed E-state index contributed by atoms with van der Waals surface area (Å²) in [5.41, 5.74) is -0.302. The second-order valence-corrected chi connectivity index (χ2v) is 4.23. The van der Waals surface area contributed by atoms with Crippen molar-refractivity contribution in [2.45, 2.75) is 6.42 Å². The summed E-state index contributed by atoms with van der Waals surface area (Å²) in [5, 5.41) is 19.4. The van der Waals surface area contributed by atoms with Gasteiger partial charge in [-0.15, -0.1) is 0 Å². The zero-order chi connectivity index (χ0) is 13.0. The molecule has 1 unspecified atom stereocenters. The molecule has 0 heterocycles. The molecular formula is C9H9NO6S. The van der Waals surface area contributed by atoms with Gasteiger partial charge in [0, 0.05) is 11.6 Å². The van der Waals surface area contributed by atoms with Crippen molar-refractivity contribution in [2.75, 3.05) is 5.75 Å². The number of nitro groups is 1. The average Bonchev–Trinajstić information content (AvgIpc) is 2.25. The first-order valence-electron chi connectivity index (χ1n) is 4.50. The van der Waals surface area contributed by atoms with Gasteiger partial charge in [0.1, 0.15) is 0 Å². The lowest BCUT2D eigenvalue weighted by molar-refractivity contribution is -0.385. The number of nitro benzene ring substituents is 1. The smallest absolute Gasteiger partial charge is 0.335 e. The first kappa shape index (κ1) is 13.3. The fourth-order valence-corrected chi connectivity index (χ4v) is 1.67. The monoisotopic (exact) mass is 259 g/mol. The summed E-state index contributed by atoms with van der Waals surface area (Å²) in [5.74, 6) is -1.39. The molecule has 7 nitrogen and oxygen atoms in total. The fraction of sp³-hybridized carbons (Fsp3) is 0.222. The van der Waals surface area contributed by atoms with E-state index in [4.69, 9.17) is 9.66 Å². The van der Waals surface area contributed by atoms with Crippen LogP contribution < -0.4 is 0 Å². The molecule has 0 radical (unpaired) electrons. The van der Waals surface area contributed by atoms with E-state index >= 15 is 0 Å². The molecule has 0 saturated heterocycles. The third-order valence-corrected chi connectivity index (χ3v) is 2.63. The van der Waals surface area contributed by atoms with E-state index < -0.39 is 22.0 Å². The molecule has 0 spiro atoms. The van der Waals surface area contributed by atoms with Gasteiger partial charge in [-0.3, -0.25) is 10.1 Å². The molecular weight excluding hydrogens is 250 g/mol. The Morgan fingerprint density at radius 3 is 2.59 bits per heavy atom. The van der Waals surface area contributed by atoms with Crippen LogP contribution in [0.3, 0.4) is 0 Å². The standard InChI is InChI=1S/C9H9NO6S/c11-9(12)7-2-1-6(3-4-17(15)16)8(5-7)10(13)14/h1-2,5H,3-4H2,(H,11,12)(H,15,16). The molecule has 2 N–H and O–H groups in total. The van der Waals surface area contributed by atoms with E-state index in [9.17, 15) is 19.1 Å². The van der Waals surface area contributed by atoms with Crippen molar-refractivity contribution in [3.8, 4) is 0 Å². The number of benzene rings is 1. The SMILES string of the molecule is O=C(O)c1ccc(CCS(=O)O)c([N+](=O)[O-])c1. The topological polar surface area (TPSA) is 118 Å². The van der Waals surface area contributed by atoms with Crippen molar-refractivity contribution in [1.82, 2.24) is 0 Å². The van der Waals surface area contributed by atoms with Gasteiger partial charge in [-0.1, -0.05) is 6.07 Å². The van der Waals surface area contributed by atoms with E-state index in [-0.39, 0.29) is 29.0 Å². The Morgan fingerprint density at radius 2 is 2.12 bits per heavy atom. The zero-order valence-electron chi connectivity index (χ0n) is 8.53. The third-order valence-electron chi connectivity index (χ3n) is 2.07. The van der Waals surface area contributed by atoms with Gasteiger partial charge < -0.3 is 9.66 Å². The molecule has 0 aliphatic heterocycles. The molecule has 1 aromatic rings. The zero-order valence-corrected chi connectivity index (χ0v) is 9.35. The Kier molecular flexibility index (Phi) is 4.30. The van der Waals surface area contributed by atoms with E-state index in [2.05, 4.69) is 0 Å². The summed E-state index contributed by atoms with van der Waals surface area (Å²) in [4.78, 5) is 20.7. The minimum atomic E-state index is -2.04. The minimum absolute atomic E-state index is 0.0410. The van der Waals surface area contributed by atoms with Crippen LogP contribution >= 0.6 is 0 Å². The minimum Gasteiger partial charge on any atom is -0.478 e. The summed E-state index contributed by atoms with van der Waals surface area (Å²) >= 11 is -2.04. The van der Waals surface area contributed by atoms with Crippen molar-refractivity contribution in [1.29, 1.82) is 0 Å². The normalized spacial score (nSPS) is 12.1. The fourth-order valence-electron chi connectivity index (χ4n) is 1.28. The van der Waals surface area contributed by atoms with Gasteiger partial charge in [0.05, 0.1) is 16.2 Å². The van der Waals surface area contributed by atoms with E-state index in [0.29, 0.717) is 0 Å². The molecule has 0 aliphatic carbocycles. The van der Waals surface area contributed by atoms with Crippen LogP contribution in [0.15, 0.2) is 18.2 Å². The van der Waals surface area contributed by atoms with Gasteiger partial charge in [0.2, 0.25) is 0 Å². The lowest BCUT2D eigenvalue weighted by atomic mass is 10.1. The van der Waals surface area contributed by atoms with Gasteiger partial charge in [0.25, 0.3) is 5.69 Å². The predicted molar refractivity (Wildman–Crippen MR) is 59.4 cm³/mol. The number of carboxylic acids is 1. The summed E-state index contributed by atoms with van der Waals surface area (Å²) in [6, 6.07) is 3.46. The average molecular weight is 259 g/mol. The molecule has 1 aromatic carbocycles. The quantitative estimate of drug-likeness (QED) is 0.463. The maximum Gasteiger partial charge on any atom is 0.335 e. The van der Waals surface area contributed by atoms with Crippen LogP contribution in [0.25, 0.3) is 0 Å². The van der Waals surface area contributed by atoms with Crippen molar-refractivity contribution < 1.29 is 23.6 Å². The number of hydrogen-bond acceptors (Lipinski definition) is 4. The molecule has 0 aliphatic rings. The van der Waals surface area contributed by atoms with Crippen LogP contribution in [0.2, 0.25) is 0 Å². The van der Waals surface area contributed by atoms with Gasteiger partial charge >= 0.3 is 5.97 Å². The molecule has 8 heteroatoms. The Balaban J connectivity index is 3.08. The first-order valence-corrected chi connectivity index (χ1v) is 5.77. The largest absolute Gasteiger partial charge is 0.478 e. The maximum absolute atomic E-state index is 10.7. The second kappa shape index (κ2) is 5.51. The highest BCUT2D eigenvalue weighted by Gasteiger charge is 2.17. The second-order valence-electron chi connectivity index (χ2n) is 3.18.